The van der Waals surface area contributed by atoms with Gasteiger partial charge in [-0.25, -0.2) is 4.98 Å². The molecule has 1 aromatic heterocycles. The first-order valence-corrected chi connectivity index (χ1v) is 6.84. The number of nitrogens with zero attached hydrogens (tertiary/aromatic N) is 2. The zero-order chi connectivity index (χ0) is 14.0. The minimum absolute atomic E-state index is 0.0857. The van der Waals surface area contributed by atoms with E-state index in [9.17, 15) is 4.79 Å². The number of rotatable bonds is 2. The zero-order valence-electron chi connectivity index (χ0n) is 9.12. The molecule has 4 nitrogen and oxygen atoms in total. The van der Waals surface area contributed by atoms with Gasteiger partial charge in [-0.3, -0.25) is 9.78 Å². The van der Waals surface area contributed by atoms with Gasteiger partial charge in [-0.1, -0.05) is 34.8 Å². The van der Waals surface area contributed by atoms with Crippen LogP contribution >= 0.6 is 50.7 Å². The number of benzene rings is 1. The molecule has 8 heteroatoms. The molecule has 0 aliphatic carbocycles. The van der Waals surface area contributed by atoms with E-state index < -0.39 is 5.91 Å². The van der Waals surface area contributed by atoms with Crippen molar-refractivity contribution in [3.8, 4) is 0 Å². The molecule has 0 radical (unpaired) electrons. The molecule has 0 saturated carbocycles. The average molecular weight is 381 g/mol. The quantitative estimate of drug-likeness (QED) is 0.782. The summed E-state index contributed by atoms with van der Waals surface area (Å²) in [4.78, 5) is 19.6. The van der Waals surface area contributed by atoms with E-state index in [-0.39, 0.29) is 15.9 Å². The van der Waals surface area contributed by atoms with Gasteiger partial charge in [-0.15, -0.1) is 0 Å². The minimum atomic E-state index is -0.477. The number of carbonyl (C=O) groups is 1. The standard InChI is InChI=1S/C11H5BrCl3N3O/c12-5-1-2-6(10(15)9(5)14)18-11(19)7-3-16-4-8(13)17-7/h1-4H,(H,18,19). The first kappa shape index (κ1) is 14.5. The molecule has 2 rings (SSSR count). The molecule has 0 bridgehead atoms. The lowest BCUT2D eigenvalue weighted by Crippen LogP contribution is -2.14. The van der Waals surface area contributed by atoms with Crippen molar-refractivity contribution >= 4 is 62.3 Å². The van der Waals surface area contributed by atoms with Crippen molar-refractivity contribution in [3.05, 3.63) is 49.9 Å². The number of hydrogen-bond acceptors (Lipinski definition) is 3. The lowest BCUT2D eigenvalue weighted by atomic mass is 10.3. The van der Waals surface area contributed by atoms with Gasteiger partial charge in [-0.05, 0) is 28.1 Å². The highest BCUT2D eigenvalue weighted by molar-refractivity contribution is 9.10. The Morgan fingerprint density at radius 1 is 1.16 bits per heavy atom. The second-order valence-corrected chi connectivity index (χ2v) is 5.40. The van der Waals surface area contributed by atoms with Crippen molar-refractivity contribution in [3.63, 3.8) is 0 Å². The summed E-state index contributed by atoms with van der Waals surface area (Å²) in [6.45, 7) is 0. The van der Waals surface area contributed by atoms with Crippen LogP contribution in [0.25, 0.3) is 0 Å². The molecular formula is C11H5BrCl3N3O. The maximum Gasteiger partial charge on any atom is 0.275 e. The van der Waals surface area contributed by atoms with E-state index in [1.807, 2.05) is 0 Å². The molecule has 0 atom stereocenters. The Morgan fingerprint density at radius 3 is 2.58 bits per heavy atom. The van der Waals surface area contributed by atoms with Crippen molar-refractivity contribution in [2.45, 2.75) is 0 Å². The molecule has 98 valence electrons. The highest BCUT2D eigenvalue weighted by Gasteiger charge is 2.13. The first-order chi connectivity index (χ1) is 8.99. The number of halogens is 4. The highest BCUT2D eigenvalue weighted by Crippen LogP contribution is 2.35. The maximum atomic E-state index is 11.9. The number of aromatic nitrogens is 2. The van der Waals surface area contributed by atoms with Gasteiger partial charge in [0.25, 0.3) is 5.91 Å². The Hall–Kier alpha value is -0.880. The lowest BCUT2D eigenvalue weighted by Gasteiger charge is -2.08. The van der Waals surface area contributed by atoms with Crippen LogP contribution in [0.3, 0.4) is 0 Å². The predicted octanol–water partition coefficient (Wildman–Crippen LogP) is 4.45. The van der Waals surface area contributed by atoms with Gasteiger partial charge in [0.2, 0.25) is 0 Å². The van der Waals surface area contributed by atoms with E-state index in [2.05, 4.69) is 31.2 Å². The molecule has 1 heterocycles. The molecule has 0 aliphatic heterocycles. The molecular weight excluding hydrogens is 376 g/mol. The van der Waals surface area contributed by atoms with Gasteiger partial charge in [0.15, 0.2) is 0 Å². The van der Waals surface area contributed by atoms with Crippen LogP contribution < -0.4 is 5.32 Å². The van der Waals surface area contributed by atoms with Gasteiger partial charge < -0.3 is 5.32 Å². The fourth-order valence-electron chi connectivity index (χ4n) is 1.26. The van der Waals surface area contributed by atoms with Crippen molar-refractivity contribution in [1.82, 2.24) is 9.97 Å². The van der Waals surface area contributed by atoms with Crippen LogP contribution in [0.4, 0.5) is 5.69 Å². The molecule has 2 aromatic rings. The summed E-state index contributed by atoms with van der Waals surface area (Å²) in [5.41, 5.74) is 0.462. The maximum absolute atomic E-state index is 11.9. The van der Waals surface area contributed by atoms with Crippen LogP contribution in [-0.2, 0) is 0 Å². The fourth-order valence-corrected chi connectivity index (χ4v) is 2.23. The second kappa shape index (κ2) is 6.05. The number of carbonyl (C=O) groups excluding carboxylic acids is 1. The SMILES string of the molecule is O=C(Nc1ccc(Br)c(Cl)c1Cl)c1cncc(Cl)n1. The Kier molecular flexibility index (Phi) is 4.62. The van der Waals surface area contributed by atoms with Crippen LogP contribution in [0.5, 0.6) is 0 Å². The largest absolute Gasteiger partial charge is 0.319 e. The number of hydrogen-bond donors (Lipinski definition) is 1. The van der Waals surface area contributed by atoms with Crippen molar-refractivity contribution in [2.24, 2.45) is 0 Å². The normalized spacial score (nSPS) is 10.3. The Labute approximate surface area is 132 Å². The number of nitrogens with one attached hydrogen (secondary N) is 1. The Balaban J connectivity index is 2.27. The number of anilines is 1. The van der Waals surface area contributed by atoms with E-state index in [0.29, 0.717) is 15.2 Å². The molecule has 0 saturated heterocycles. The van der Waals surface area contributed by atoms with E-state index in [1.54, 1.807) is 12.1 Å². The summed E-state index contributed by atoms with van der Waals surface area (Å²) >= 11 is 20.9. The third-order valence-corrected chi connectivity index (χ3v) is 4.07. The van der Waals surface area contributed by atoms with Crippen LogP contribution in [0.2, 0.25) is 15.2 Å². The van der Waals surface area contributed by atoms with Gasteiger partial charge in [0.1, 0.15) is 10.8 Å². The number of amides is 1. The van der Waals surface area contributed by atoms with Crippen LogP contribution in [-0.4, -0.2) is 15.9 Å². The molecule has 19 heavy (non-hydrogen) atoms. The third-order valence-electron chi connectivity index (χ3n) is 2.12. The third kappa shape index (κ3) is 3.36. The average Bonchev–Trinajstić information content (AvgIpc) is 2.39. The molecule has 1 amide bonds. The van der Waals surface area contributed by atoms with Crippen molar-refractivity contribution in [2.75, 3.05) is 5.32 Å². The van der Waals surface area contributed by atoms with Gasteiger partial charge >= 0.3 is 0 Å². The monoisotopic (exact) mass is 379 g/mol. The lowest BCUT2D eigenvalue weighted by molar-refractivity contribution is 0.102. The first-order valence-electron chi connectivity index (χ1n) is 4.91. The van der Waals surface area contributed by atoms with Crippen LogP contribution in [0.15, 0.2) is 29.0 Å². The minimum Gasteiger partial charge on any atom is -0.319 e. The fraction of sp³-hybridized carbons (Fsp3) is 0. The molecule has 0 spiro atoms. The summed E-state index contributed by atoms with van der Waals surface area (Å²) in [6, 6.07) is 3.29. The van der Waals surface area contributed by atoms with Crippen molar-refractivity contribution in [1.29, 1.82) is 0 Å². The van der Waals surface area contributed by atoms with Gasteiger partial charge in [0.05, 0.1) is 28.1 Å². The van der Waals surface area contributed by atoms with Crippen LogP contribution in [0, 0.1) is 0 Å². The van der Waals surface area contributed by atoms with Gasteiger partial charge in [-0.2, -0.15) is 0 Å². The molecule has 1 aromatic carbocycles. The Morgan fingerprint density at radius 2 is 1.89 bits per heavy atom. The zero-order valence-corrected chi connectivity index (χ0v) is 13.0. The highest BCUT2D eigenvalue weighted by atomic mass is 79.9. The summed E-state index contributed by atoms with van der Waals surface area (Å²) in [5, 5.41) is 3.27. The van der Waals surface area contributed by atoms with E-state index >= 15 is 0 Å². The summed E-state index contributed by atoms with van der Waals surface area (Å²) in [6.07, 6.45) is 2.64. The summed E-state index contributed by atoms with van der Waals surface area (Å²) in [7, 11) is 0. The molecule has 0 aliphatic rings. The van der Waals surface area contributed by atoms with E-state index in [4.69, 9.17) is 34.8 Å². The Bertz CT molecular complexity index is 651. The summed E-state index contributed by atoms with van der Waals surface area (Å²) in [5.74, 6) is -0.477. The second-order valence-electron chi connectivity index (χ2n) is 3.40. The van der Waals surface area contributed by atoms with E-state index in [1.165, 1.54) is 12.4 Å². The molecule has 1 N–H and O–H groups in total. The molecule has 0 fully saturated rings. The topological polar surface area (TPSA) is 54.9 Å². The smallest absolute Gasteiger partial charge is 0.275 e. The molecule has 0 unspecified atom stereocenters. The van der Waals surface area contributed by atoms with Crippen molar-refractivity contribution < 1.29 is 4.79 Å². The summed E-state index contributed by atoms with van der Waals surface area (Å²) < 4.78 is 0.639. The van der Waals surface area contributed by atoms with Crippen LogP contribution in [0.1, 0.15) is 10.5 Å². The predicted molar refractivity (Wildman–Crippen MR) is 79.2 cm³/mol. The van der Waals surface area contributed by atoms with E-state index in [0.717, 1.165) is 0 Å². The van der Waals surface area contributed by atoms with Gasteiger partial charge in [0, 0.05) is 4.47 Å².